The Morgan fingerprint density at radius 2 is 1.82 bits per heavy atom. The van der Waals surface area contributed by atoms with E-state index in [1.54, 1.807) is 21.8 Å². The second-order valence-electron chi connectivity index (χ2n) is 8.08. The summed E-state index contributed by atoms with van der Waals surface area (Å²) < 4.78 is 5.27. The molecule has 8 nitrogen and oxygen atoms in total. The molecule has 0 aliphatic rings. The van der Waals surface area contributed by atoms with E-state index in [0.29, 0.717) is 37.1 Å². The molecule has 0 radical (unpaired) electrons. The minimum absolute atomic E-state index is 0.0546. The zero-order chi connectivity index (χ0) is 22.8. The molecule has 0 saturated heterocycles. The van der Waals surface area contributed by atoms with E-state index in [9.17, 15) is 9.59 Å². The Hall–Kier alpha value is -4.20. The highest BCUT2D eigenvalue weighted by Crippen LogP contribution is 2.20. The number of hydrogen-bond acceptors (Lipinski definition) is 4. The Morgan fingerprint density at radius 3 is 2.67 bits per heavy atom. The van der Waals surface area contributed by atoms with Gasteiger partial charge in [0.1, 0.15) is 11.7 Å². The lowest BCUT2D eigenvalue weighted by molar-refractivity contribution is -0.120. The zero-order valence-electron chi connectivity index (χ0n) is 18.3. The van der Waals surface area contributed by atoms with Crippen molar-refractivity contribution >= 4 is 27.8 Å². The summed E-state index contributed by atoms with van der Waals surface area (Å²) in [6, 6.07) is 17.8. The molecule has 0 bridgehead atoms. The zero-order valence-corrected chi connectivity index (χ0v) is 18.3. The molecule has 1 amide bonds. The van der Waals surface area contributed by atoms with Crippen molar-refractivity contribution in [2.45, 2.75) is 19.5 Å². The Morgan fingerprint density at radius 1 is 1.03 bits per heavy atom. The predicted octanol–water partition coefficient (Wildman–Crippen LogP) is 2.49. The molecule has 3 heterocycles. The Kier molecular flexibility index (Phi) is 5.48. The summed E-state index contributed by atoms with van der Waals surface area (Å²) in [7, 11) is 1.98. The first-order chi connectivity index (χ1) is 16.1. The second-order valence-corrected chi connectivity index (χ2v) is 8.08. The number of carbonyl (C=O) groups is 1. The van der Waals surface area contributed by atoms with Crippen LogP contribution < -0.4 is 10.9 Å². The molecule has 0 aliphatic heterocycles. The summed E-state index contributed by atoms with van der Waals surface area (Å²) in [6.45, 7) is 1.28. The molecule has 166 valence electrons. The minimum Gasteiger partial charge on any atom is -0.354 e. The van der Waals surface area contributed by atoms with Gasteiger partial charge in [0.2, 0.25) is 5.91 Å². The molecule has 0 unspecified atom stereocenters. The van der Waals surface area contributed by atoms with Crippen molar-refractivity contribution in [1.29, 1.82) is 0 Å². The fourth-order valence-electron chi connectivity index (χ4n) is 4.16. The normalized spacial score (nSPS) is 11.3. The highest BCUT2D eigenvalue weighted by molar-refractivity contribution is 5.89. The maximum Gasteiger partial charge on any atom is 0.264 e. The molecule has 3 aromatic heterocycles. The molecule has 33 heavy (non-hydrogen) atoms. The van der Waals surface area contributed by atoms with Gasteiger partial charge in [0.25, 0.3) is 5.56 Å². The van der Waals surface area contributed by atoms with Crippen LogP contribution in [0.25, 0.3) is 21.9 Å². The van der Waals surface area contributed by atoms with Gasteiger partial charge < -0.3 is 9.88 Å². The number of carbonyl (C=O) groups excluding carboxylic acids is 1. The van der Waals surface area contributed by atoms with E-state index in [2.05, 4.69) is 15.4 Å². The van der Waals surface area contributed by atoms with E-state index in [1.165, 1.54) is 0 Å². The number of aromatic nitrogens is 5. The number of aryl methyl sites for hydroxylation is 1. The molecule has 5 rings (SSSR count). The van der Waals surface area contributed by atoms with E-state index in [1.807, 2.05) is 72.4 Å². The van der Waals surface area contributed by atoms with Gasteiger partial charge in [0.05, 0.1) is 25.7 Å². The van der Waals surface area contributed by atoms with Crippen molar-refractivity contribution in [3.63, 3.8) is 0 Å². The number of nitrogens with zero attached hydrogens (tertiary/aromatic N) is 5. The van der Waals surface area contributed by atoms with Crippen LogP contribution in [-0.2, 0) is 31.4 Å². The minimum atomic E-state index is -0.130. The second kappa shape index (κ2) is 8.74. The van der Waals surface area contributed by atoms with Crippen molar-refractivity contribution in [1.82, 2.24) is 29.2 Å². The monoisotopic (exact) mass is 440 g/mol. The summed E-state index contributed by atoms with van der Waals surface area (Å²) in [4.78, 5) is 29.8. The van der Waals surface area contributed by atoms with Gasteiger partial charge in [-0.3, -0.25) is 14.2 Å². The lowest BCUT2D eigenvalue weighted by atomic mass is 10.1. The van der Waals surface area contributed by atoms with Crippen molar-refractivity contribution in [2.75, 3.05) is 6.54 Å². The quantitative estimate of drug-likeness (QED) is 0.421. The molecule has 5 aromatic rings. The van der Waals surface area contributed by atoms with Gasteiger partial charge in [-0.2, -0.15) is 5.10 Å². The first kappa shape index (κ1) is 20.7. The average molecular weight is 441 g/mol. The topological polar surface area (TPSA) is 86.7 Å². The molecular formula is C25H24N6O2. The van der Waals surface area contributed by atoms with Crippen LogP contribution in [0.1, 0.15) is 11.1 Å². The van der Waals surface area contributed by atoms with Gasteiger partial charge in [0, 0.05) is 30.7 Å². The summed E-state index contributed by atoms with van der Waals surface area (Å²) in [5, 5.41) is 8.82. The fraction of sp³-hybridized carbons (Fsp3) is 0.200. The van der Waals surface area contributed by atoms with Crippen LogP contribution in [0.5, 0.6) is 0 Å². The van der Waals surface area contributed by atoms with E-state index < -0.39 is 0 Å². The lowest BCUT2D eigenvalue weighted by Crippen LogP contribution is -2.29. The van der Waals surface area contributed by atoms with Crippen molar-refractivity contribution < 1.29 is 4.79 Å². The molecule has 0 fully saturated rings. The van der Waals surface area contributed by atoms with E-state index in [0.717, 1.165) is 22.0 Å². The van der Waals surface area contributed by atoms with Crippen LogP contribution in [0.3, 0.4) is 0 Å². The van der Waals surface area contributed by atoms with Gasteiger partial charge in [-0.25, -0.2) is 9.67 Å². The highest BCUT2D eigenvalue weighted by atomic mass is 16.1. The van der Waals surface area contributed by atoms with E-state index in [4.69, 9.17) is 0 Å². The Bertz CT molecular complexity index is 1500. The molecule has 8 heteroatoms. The first-order valence-corrected chi connectivity index (χ1v) is 10.8. The van der Waals surface area contributed by atoms with Gasteiger partial charge >= 0.3 is 0 Å². The van der Waals surface area contributed by atoms with Gasteiger partial charge in [-0.1, -0.05) is 48.5 Å². The fourth-order valence-corrected chi connectivity index (χ4v) is 4.16. The largest absolute Gasteiger partial charge is 0.354 e. The highest BCUT2D eigenvalue weighted by Gasteiger charge is 2.12. The van der Waals surface area contributed by atoms with Crippen LogP contribution in [0.4, 0.5) is 0 Å². The summed E-state index contributed by atoms with van der Waals surface area (Å²) in [5.74, 6) is -0.0546. The van der Waals surface area contributed by atoms with Crippen LogP contribution >= 0.6 is 0 Å². The number of amides is 1. The van der Waals surface area contributed by atoms with E-state index in [-0.39, 0.29) is 11.5 Å². The van der Waals surface area contributed by atoms with Crippen molar-refractivity contribution in [3.8, 4) is 0 Å². The summed E-state index contributed by atoms with van der Waals surface area (Å²) in [6.07, 6.45) is 5.40. The third-order valence-electron chi connectivity index (χ3n) is 5.79. The molecule has 0 spiro atoms. The number of benzene rings is 2. The number of para-hydroxylation sites is 1. The van der Waals surface area contributed by atoms with Crippen molar-refractivity contribution in [3.05, 3.63) is 94.8 Å². The van der Waals surface area contributed by atoms with Crippen LogP contribution in [-0.4, -0.2) is 36.4 Å². The molecule has 2 aromatic carbocycles. The molecule has 1 N–H and O–H groups in total. The number of rotatable bonds is 7. The molecule has 0 aliphatic carbocycles. The summed E-state index contributed by atoms with van der Waals surface area (Å²) >= 11 is 0. The smallest absolute Gasteiger partial charge is 0.264 e. The molecular weight excluding hydrogens is 416 g/mol. The van der Waals surface area contributed by atoms with Crippen LogP contribution in [0.15, 0.2) is 78.1 Å². The van der Waals surface area contributed by atoms with Gasteiger partial charge in [-0.05, 0) is 17.2 Å². The third kappa shape index (κ3) is 4.15. The van der Waals surface area contributed by atoms with Gasteiger partial charge in [0.15, 0.2) is 5.65 Å². The average Bonchev–Trinajstić information content (AvgIpc) is 3.38. The maximum atomic E-state index is 12.8. The maximum absolute atomic E-state index is 12.8. The predicted molar refractivity (Wildman–Crippen MR) is 127 cm³/mol. The molecule has 0 saturated carbocycles. The van der Waals surface area contributed by atoms with Crippen molar-refractivity contribution in [2.24, 2.45) is 7.05 Å². The third-order valence-corrected chi connectivity index (χ3v) is 5.79. The first-order valence-electron chi connectivity index (χ1n) is 10.8. The number of fused-ring (bicyclic) bond motifs is 2. The van der Waals surface area contributed by atoms with Crippen LogP contribution in [0, 0.1) is 0 Å². The lowest BCUT2D eigenvalue weighted by Gasteiger charge is -2.07. The van der Waals surface area contributed by atoms with E-state index >= 15 is 0 Å². The standard InChI is InChI=1S/C25H24N6O2/c1-29-16-19(20-9-5-6-10-22(20)29)13-23(32)26-11-12-31-24-21(14-28-31)25(33)30(17-27-24)15-18-7-3-2-4-8-18/h2-10,14,16-17H,11-13,15H2,1H3,(H,26,32). The summed E-state index contributed by atoms with van der Waals surface area (Å²) in [5.41, 5.74) is 3.52. The Labute approximate surface area is 190 Å². The number of nitrogens with one attached hydrogen (secondary N) is 1. The Balaban J connectivity index is 1.24. The SMILES string of the molecule is Cn1cc(CC(=O)NCCn2ncc3c(=O)n(Cc4ccccc4)cnc32)c2ccccc21. The van der Waals surface area contributed by atoms with Gasteiger partial charge in [-0.15, -0.1) is 0 Å². The number of hydrogen-bond donors (Lipinski definition) is 1. The van der Waals surface area contributed by atoms with Crippen LogP contribution in [0.2, 0.25) is 0 Å². The molecule has 0 atom stereocenters.